The van der Waals surface area contributed by atoms with Crippen LogP contribution < -0.4 is 0 Å². The van der Waals surface area contributed by atoms with E-state index in [1.54, 1.807) is 0 Å². The summed E-state index contributed by atoms with van der Waals surface area (Å²) >= 11 is 0. The van der Waals surface area contributed by atoms with Crippen molar-refractivity contribution in [1.29, 1.82) is 0 Å². The average Bonchev–Trinajstić information content (AvgIpc) is 3.23. The first-order valence-electron chi connectivity index (χ1n) is 10.6. The van der Waals surface area contributed by atoms with Crippen LogP contribution in [0.2, 0.25) is 0 Å². The number of benzene rings is 2. The van der Waals surface area contributed by atoms with Crippen LogP contribution in [0.5, 0.6) is 0 Å². The molecule has 1 aromatic heterocycles. The summed E-state index contributed by atoms with van der Waals surface area (Å²) in [4.78, 5) is 27.1. The van der Waals surface area contributed by atoms with Gasteiger partial charge in [0.05, 0.1) is 25.1 Å². The molecule has 1 fully saturated rings. The Morgan fingerprint density at radius 3 is 2.35 bits per heavy atom. The molecule has 2 aromatic carbocycles. The molecule has 1 saturated heterocycles. The van der Waals surface area contributed by atoms with Crippen molar-refractivity contribution in [3.05, 3.63) is 77.5 Å². The molecule has 3 aromatic rings. The lowest BCUT2D eigenvalue weighted by molar-refractivity contribution is -0.146. The summed E-state index contributed by atoms with van der Waals surface area (Å²) in [5, 5.41) is 4.77. The molecule has 0 N–H and O–H groups in total. The molecule has 1 aliphatic heterocycles. The molecule has 6 heteroatoms. The number of methoxy groups -OCH3 is 1. The van der Waals surface area contributed by atoms with E-state index in [2.05, 4.69) is 0 Å². The van der Waals surface area contributed by atoms with Crippen LogP contribution >= 0.6 is 0 Å². The predicted molar refractivity (Wildman–Crippen MR) is 119 cm³/mol. The van der Waals surface area contributed by atoms with Crippen LogP contribution in [0.1, 0.15) is 34.3 Å². The minimum atomic E-state index is -0.192. The number of carbonyl (C=O) groups is 2. The number of piperidine rings is 1. The average molecular weight is 418 g/mol. The number of hydrogen-bond acceptors (Lipinski definition) is 4. The summed E-state index contributed by atoms with van der Waals surface area (Å²) in [6, 6.07) is 18.1. The van der Waals surface area contributed by atoms with Crippen molar-refractivity contribution in [2.45, 2.75) is 26.3 Å². The lowest BCUT2D eigenvalue weighted by Crippen LogP contribution is -2.40. The summed E-state index contributed by atoms with van der Waals surface area (Å²) in [7, 11) is 1.41. The SMILES string of the molecule is COC(=O)C1CCN(C(=O)c2cn(Cc3ccccc3)nc2-c2ccc(C)cc2)CC1. The minimum Gasteiger partial charge on any atom is -0.469 e. The van der Waals surface area contributed by atoms with Crippen molar-refractivity contribution in [2.75, 3.05) is 20.2 Å². The second-order valence-electron chi connectivity index (χ2n) is 8.03. The number of nitrogens with zero attached hydrogens (tertiary/aromatic N) is 3. The number of aryl methyl sites for hydroxylation is 1. The Morgan fingerprint density at radius 2 is 1.71 bits per heavy atom. The van der Waals surface area contributed by atoms with E-state index >= 15 is 0 Å². The molecule has 6 nitrogen and oxygen atoms in total. The van der Waals surface area contributed by atoms with Crippen molar-refractivity contribution < 1.29 is 14.3 Å². The van der Waals surface area contributed by atoms with E-state index in [4.69, 9.17) is 9.84 Å². The lowest BCUT2D eigenvalue weighted by atomic mass is 9.96. The fourth-order valence-corrected chi connectivity index (χ4v) is 4.01. The van der Waals surface area contributed by atoms with Crippen LogP contribution in [0.3, 0.4) is 0 Å². The molecule has 1 aliphatic rings. The highest BCUT2D eigenvalue weighted by molar-refractivity contribution is 6.00. The van der Waals surface area contributed by atoms with E-state index in [-0.39, 0.29) is 17.8 Å². The Bertz CT molecular complexity index is 1050. The molecule has 31 heavy (non-hydrogen) atoms. The normalized spacial score (nSPS) is 14.5. The van der Waals surface area contributed by atoms with Gasteiger partial charge in [0.15, 0.2) is 0 Å². The highest BCUT2D eigenvalue weighted by Crippen LogP contribution is 2.27. The molecule has 0 aliphatic carbocycles. The highest BCUT2D eigenvalue weighted by atomic mass is 16.5. The van der Waals surface area contributed by atoms with Gasteiger partial charge in [0.2, 0.25) is 0 Å². The van der Waals surface area contributed by atoms with Crippen molar-refractivity contribution in [3.8, 4) is 11.3 Å². The largest absolute Gasteiger partial charge is 0.469 e. The molecule has 1 amide bonds. The number of carbonyl (C=O) groups excluding carboxylic acids is 2. The summed E-state index contributed by atoms with van der Waals surface area (Å²) in [6.45, 7) is 3.71. The van der Waals surface area contributed by atoms with Gasteiger partial charge in [-0.05, 0) is 25.3 Å². The molecule has 0 atom stereocenters. The number of likely N-dealkylation sites (tertiary alicyclic amines) is 1. The summed E-state index contributed by atoms with van der Waals surface area (Å²) in [6.07, 6.45) is 3.09. The monoisotopic (exact) mass is 417 g/mol. The van der Waals surface area contributed by atoms with E-state index in [9.17, 15) is 9.59 Å². The number of rotatable bonds is 5. The second kappa shape index (κ2) is 9.16. The molecule has 160 valence electrons. The molecule has 0 bridgehead atoms. The standard InChI is InChI=1S/C25H27N3O3/c1-18-8-10-20(11-9-18)23-22(17-28(26-23)16-19-6-4-3-5-7-19)24(29)27-14-12-21(13-15-27)25(30)31-2/h3-11,17,21H,12-16H2,1-2H3. The maximum Gasteiger partial charge on any atom is 0.308 e. The van der Waals surface area contributed by atoms with Crippen LogP contribution in [0, 0.1) is 12.8 Å². The Kier molecular flexibility index (Phi) is 6.16. The predicted octanol–water partition coefficient (Wildman–Crippen LogP) is 3.93. The maximum absolute atomic E-state index is 13.4. The zero-order valence-electron chi connectivity index (χ0n) is 18.0. The van der Waals surface area contributed by atoms with Crippen LogP contribution in [0.15, 0.2) is 60.8 Å². The third-order valence-electron chi connectivity index (χ3n) is 5.82. The Hall–Kier alpha value is -3.41. The van der Waals surface area contributed by atoms with Gasteiger partial charge < -0.3 is 9.64 Å². The van der Waals surface area contributed by atoms with E-state index in [0.717, 1.165) is 16.7 Å². The van der Waals surface area contributed by atoms with Gasteiger partial charge in [-0.15, -0.1) is 0 Å². The smallest absolute Gasteiger partial charge is 0.308 e. The van der Waals surface area contributed by atoms with Gasteiger partial charge in [-0.3, -0.25) is 14.3 Å². The summed E-state index contributed by atoms with van der Waals surface area (Å²) < 4.78 is 6.69. The molecular formula is C25H27N3O3. The second-order valence-corrected chi connectivity index (χ2v) is 8.03. The minimum absolute atomic E-state index is 0.0433. The number of esters is 1. The summed E-state index contributed by atoms with van der Waals surface area (Å²) in [5.41, 5.74) is 4.49. The molecule has 4 rings (SSSR count). The van der Waals surface area contributed by atoms with E-state index < -0.39 is 0 Å². The van der Waals surface area contributed by atoms with Crippen molar-refractivity contribution >= 4 is 11.9 Å². The van der Waals surface area contributed by atoms with E-state index in [0.29, 0.717) is 43.7 Å². The fourth-order valence-electron chi connectivity index (χ4n) is 4.01. The van der Waals surface area contributed by atoms with Gasteiger partial charge in [0.25, 0.3) is 5.91 Å². The van der Waals surface area contributed by atoms with Gasteiger partial charge in [0.1, 0.15) is 5.69 Å². The zero-order valence-corrected chi connectivity index (χ0v) is 18.0. The van der Waals surface area contributed by atoms with Gasteiger partial charge in [-0.1, -0.05) is 60.2 Å². The van der Waals surface area contributed by atoms with Crippen molar-refractivity contribution in [3.63, 3.8) is 0 Å². The van der Waals surface area contributed by atoms with Crippen molar-refractivity contribution in [1.82, 2.24) is 14.7 Å². The molecule has 0 spiro atoms. The first-order chi connectivity index (χ1) is 15.0. The van der Waals surface area contributed by atoms with Gasteiger partial charge in [-0.25, -0.2) is 0 Å². The van der Waals surface area contributed by atoms with Gasteiger partial charge >= 0.3 is 5.97 Å². The first-order valence-corrected chi connectivity index (χ1v) is 10.6. The van der Waals surface area contributed by atoms with Gasteiger partial charge in [0, 0.05) is 24.8 Å². The highest BCUT2D eigenvalue weighted by Gasteiger charge is 2.30. The molecule has 0 unspecified atom stereocenters. The third-order valence-corrected chi connectivity index (χ3v) is 5.82. The number of aromatic nitrogens is 2. The number of hydrogen-bond donors (Lipinski definition) is 0. The van der Waals surface area contributed by atoms with E-state index in [1.165, 1.54) is 7.11 Å². The van der Waals surface area contributed by atoms with Crippen LogP contribution in [0.4, 0.5) is 0 Å². The molecule has 0 radical (unpaired) electrons. The lowest BCUT2D eigenvalue weighted by Gasteiger charge is -2.30. The fraction of sp³-hybridized carbons (Fsp3) is 0.320. The van der Waals surface area contributed by atoms with E-state index in [1.807, 2.05) is 77.3 Å². The topological polar surface area (TPSA) is 64.4 Å². The van der Waals surface area contributed by atoms with Gasteiger partial charge in [-0.2, -0.15) is 5.10 Å². The molecule has 2 heterocycles. The van der Waals surface area contributed by atoms with Crippen molar-refractivity contribution in [2.24, 2.45) is 5.92 Å². The molecular weight excluding hydrogens is 390 g/mol. The number of amides is 1. The Labute approximate surface area is 182 Å². The summed E-state index contributed by atoms with van der Waals surface area (Å²) in [5.74, 6) is -0.368. The van der Waals surface area contributed by atoms with Crippen LogP contribution in [-0.4, -0.2) is 46.8 Å². The Morgan fingerprint density at radius 1 is 1.03 bits per heavy atom. The van der Waals surface area contributed by atoms with Crippen LogP contribution in [-0.2, 0) is 16.1 Å². The maximum atomic E-state index is 13.4. The first kappa shape index (κ1) is 20.8. The Balaban J connectivity index is 1.61. The zero-order chi connectivity index (χ0) is 21.8. The molecule has 0 saturated carbocycles. The van der Waals surface area contributed by atoms with Crippen LogP contribution in [0.25, 0.3) is 11.3 Å². The number of ether oxygens (including phenoxy) is 1. The third kappa shape index (κ3) is 4.68. The quantitative estimate of drug-likeness (QED) is 0.590.